The van der Waals surface area contributed by atoms with Crippen molar-refractivity contribution < 1.29 is 13.6 Å². The maximum absolute atomic E-state index is 13.4. The molecule has 4 heteroatoms. The third-order valence-electron chi connectivity index (χ3n) is 3.82. The minimum atomic E-state index is -0.660. The van der Waals surface area contributed by atoms with E-state index in [4.69, 9.17) is 0 Å². The second kappa shape index (κ2) is 6.13. The van der Waals surface area contributed by atoms with Crippen LogP contribution >= 0.6 is 0 Å². The van der Waals surface area contributed by atoms with Gasteiger partial charge in [0, 0.05) is 12.1 Å². The molecule has 0 aromatic heterocycles. The van der Waals surface area contributed by atoms with E-state index in [0.29, 0.717) is 5.92 Å². The molecule has 1 N–H and O–H groups in total. The van der Waals surface area contributed by atoms with Gasteiger partial charge < -0.3 is 5.32 Å². The SMILES string of the molecule is CC1CCCCC1NC(=O)Cc1ccc(F)cc1F. The lowest BCUT2D eigenvalue weighted by Crippen LogP contribution is -2.41. The van der Waals surface area contributed by atoms with Gasteiger partial charge in [0.25, 0.3) is 0 Å². The van der Waals surface area contributed by atoms with Crippen molar-refractivity contribution in [3.63, 3.8) is 0 Å². The molecule has 1 amide bonds. The first-order valence-electron chi connectivity index (χ1n) is 6.79. The quantitative estimate of drug-likeness (QED) is 0.895. The molecule has 2 atom stereocenters. The molecule has 1 aliphatic carbocycles. The van der Waals surface area contributed by atoms with Crippen molar-refractivity contribution in [3.05, 3.63) is 35.4 Å². The molecule has 1 aromatic rings. The van der Waals surface area contributed by atoms with Gasteiger partial charge in [0.1, 0.15) is 11.6 Å². The average Bonchev–Trinajstić information content (AvgIpc) is 2.36. The molecule has 2 unspecified atom stereocenters. The average molecular weight is 267 g/mol. The van der Waals surface area contributed by atoms with Gasteiger partial charge in [0.15, 0.2) is 0 Å². The number of halogens is 2. The second-order valence-corrected chi connectivity index (χ2v) is 5.35. The summed E-state index contributed by atoms with van der Waals surface area (Å²) < 4.78 is 26.2. The van der Waals surface area contributed by atoms with E-state index >= 15 is 0 Å². The summed E-state index contributed by atoms with van der Waals surface area (Å²) in [5.74, 6) is -1.01. The zero-order valence-electron chi connectivity index (χ0n) is 11.1. The highest BCUT2D eigenvalue weighted by molar-refractivity contribution is 5.78. The summed E-state index contributed by atoms with van der Waals surface area (Å²) in [5.41, 5.74) is 0.238. The molecule has 2 rings (SSSR count). The van der Waals surface area contributed by atoms with Crippen LogP contribution in [0.1, 0.15) is 38.2 Å². The van der Waals surface area contributed by atoms with Crippen LogP contribution in [0.25, 0.3) is 0 Å². The molecule has 0 saturated heterocycles. The third kappa shape index (κ3) is 3.75. The Morgan fingerprint density at radius 1 is 1.32 bits per heavy atom. The summed E-state index contributed by atoms with van der Waals surface area (Å²) in [6.45, 7) is 2.13. The van der Waals surface area contributed by atoms with Crippen molar-refractivity contribution in [2.24, 2.45) is 5.92 Å². The predicted octanol–water partition coefficient (Wildman–Crippen LogP) is 3.20. The van der Waals surface area contributed by atoms with Gasteiger partial charge in [-0.2, -0.15) is 0 Å². The molecule has 0 spiro atoms. The van der Waals surface area contributed by atoms with Crippen LogP contribution in [0.2, 0.25) is 0 Å². The molecular weight excluding hydrogens is 248 g/mol. The summed E-state index contributed by atoms with van der Waals surface area (Å²) in [4.78, 5) is 11.9. The molecule has 0 radical (unpaired) electrons. The minimum absolute atomic E-state index is 0.0324. The van der Waals surface area contributed by atoms with Crippen LogP contribution < -0.4 is 5.32 Å². The van der Waals surface area contributed by atoms with Gasteiger partial charge in [-0.3, -0.25) is 4.79 Å². The maximum atomic E-state index is 13.4. The molecule has 104 valence electrons. The summed E-state index contributed by atoms with van der Waals surface area (Å²) in [6.07, 6.45) is 4.41. The van der Waals surface area contributed by atoms with Gasteiger partial charge in [-0.1, -0.05) is 25.8 Å². The van der Waals surface area contributed by atoms with Crippen LogP contribution in [0.15, 0.2) is 18.2 Å². The summed E-state index contributed by atoms with van der Waals surface area (Å²) in [7, 11) is 0. The highest BCUT2D eigenvalue weighted by atomic mass is 19.1. The van der Waals surface area contributed by atoms with E-state index in [1.165, 1.54) is 18.6 Å². The number of hydrogen-bond donors (Lipinski definition) is 1. The second-order valence-electron chi connectivity index (χ2n) is 5.35. The van der Waals surface area contributed by atoms with E-state index in [0.717, 1.165) is 25.3 Å². The first-order valence-corrected chi connectivity index (χ1v) is 6.79. The van der Waals surface area contributed by atoms with Gasteiger partial charge >= 0.3 is 0 Å². The van der Waals surface area contributed by atoms with Crippen molar-refractivity contribution in [1.82, 2.24) is 5.32 Å². The van der Waals surface area contributed by atoms with E-state index in [-0.39, 0.29) is 23.9 Å². The van der Waals surface area contributed by atoms with Crippen LogP contribution in [0, 0.1) is 17.6 Å². The van der Waals surface area contributed by atoms with Gasteiger partial charge in [-0.15, -0.1) is 0 Å². The zero-order valence-corrected chi connectivity index (χ0v) is 11.1. The third-order valence-corrected chi connectivity index (χ3v) is 3.82. The Balaban J connectivity index is 1.93. The number of benzene rings is 1. The fourth-order valence-electron chi connectivity index (χ4n) is 2.63. The van der Waals surface area contributed by atoms with Gasteiger partial charge in [-0.05, 0) is 30.4 Å². The molecule has 0 aliphatic heterocycles. The molecule has 0 heterocycles. The lowest BCUT2D eigenvalue weighted by Gasteiger charge is -2.29. The summed E-state index contributed by atoms with van der Waals surface area (Å²) in [5, 5.41) is 2.96. The van der Waals surface area contributed by atoms with Crippen molar-refractivity contribution in [1.29, 1.82) is 0 Å². The van der Waals surface area contributed by atoms with Gasteiger partial charge in [0.2, 0.25) is 5.91 Å². The molecule has 1 saturated carbocycles. The predicted molar refractivity (Wildman–Crippen MR) is 69.6 cm³/mol. The van der Waals surface area contributed by atoms with Gasteiger partial charge in [-0.25, -0.2) is 8.78 Å². The van der Waals surface area contributed by atoms with Crippen LogP contribution in [-0.2, 0) is 11.2 Å². The lowest BCUT2D eigenvalue weighted by molar-refractivity contribution is -0.121. The number of hydrogen-bond acceptors (Lipinski definition) is 1. The summed E-state index contributed by atoms with van der Waals surface area (Å²) >= 11 is 0. The van der Waals surface area contributed by atoms with E-state index < -0.39 is 11.6 Å². The topological polar surface area (TPSA) is 29.1 Å². The Morgan fingerprint density at radius 3 is 2.74 bits per heavy atom. The van der Waals surface area contributed by atoms with Crippen LogP contribution in [-0.4, -0.2) is 11.9 Å². The first kappa shape index (κ1) is 14.0. The molecule has 1 aromatic carbocycles. The van der Waals surface area contributed by atoms with Crippen molar-refractivity contribution in [2.45, 2.75) is 45.1 Å². The molecule has 19 heavy (non-hydrogen) atoms. The molecule has 2 nitrogen and oxygen atoms in total. The minimum Gasteiger partial charge on any atom is -0.353 e. The highest BCUT2D eigenvalue weighted by Gasteiger charge is 2.23. The van der Waals surface area contributed by atoms with E-state index in [2.05, 4.69) is 12.2 Å². The Kier molecular flexibility index (Phi) is 4.51. The summed E-state index contributed by atoms with van der Waals surface area (Å²) in [6, 6.07) is 3.50. The van der Waals surface area contributed by atoms with Crippen LogP contribution in [0.3, 0.4) is 0 Å². The monoisotopic (exact) mass is 267 g/mol. The normalized spacial score (nSPS) is 23.1. The number of carbonyl (C=O) groups excluding carboxylic acids is 1. The Bertz CT molecular complexity index is 461. The van der Waals surface area contributed by atoms with Crippen LogP contribution in [0.4, 0.5) is 8.78 Å². The number of nitrogens with one attached hydrogen (secondary N) is 1. The lowest BCUT2D eigenvalue weighted by atomic mass is 9.86. The van der Waals surface area contributed by atoms with Crippen molar-refractivity contribution >= 4 is 5.91 Å². The van der Waals surface area contributed by atoms with Gasteiger partial charge in [0.05, 0.1) is 6.42 Å². The van der Waals surface area contributed by atoms with E-state index in [1.807, 2.05) is 0 Å². The fourth-order valence-corrected chi connectivity index (χ4v) is 2.63. The van der Waals surface area contributed by atoms with Crippen molar-refractivity contribution in [3.8, 4) is 0 Å². The Morgan fingerprint density at radius 2 is 2.05 bits per heavy atom. The number of carbonyl (C=O) groups is 1. The smallest absolute Gasteiger partial charge is 0.224 e. The largest absolute Gasteiger partial charge is 0.353 e. The molecule has 0 bridgehead atoms. The zero-order chi connectivity index (χ0) is 13.8. The van der Waals surface area contributed by atoms with Crippen LogP contribution in [0.5, 0.6) is 0 Å². The highest BCUT2D eigenvalue weighted by Crippen LogP contribution is 2.23. The first-order chi connectivity index (χ1) is 9.06. The number of rotatable bonds is 3. The molecular formula is C15H19F2NO. The molecule has 1 fully saturated rings. The standard InChI is InChI=1S/C15H19F2NO/c1-10-4-2-3-5-14(10)18-15(19)8-11-6-7-12(16)9-13(11)17/h6-7,9-10,14H,2-5,8H2,1H3,(H,18,19). The fraction of sp³-hybridized carbons (Fsp3) is 0.533. The number of amides is 1. The maximum Gasteiger partial charge on any atom is 0.224 e. The van der Waals surface area contributed by atoms with E-state index in [9.17, 15) is 13.6 Å². The van der Waals surface area contributed by atoms with Crippen molar-refractivity contribution in [2.75, 3.05) is 0 Å². The Hall–Kier alpha value is -1.45. The Labute approximate surface area is 112 Å². The molecule has 1 aliphatic rings. The van der Waals surface area contributed by atoms with E-state index in [1.54, 1.807) is 0 Å².